The number of aryl methyl sites for hydroxylation is 2. The van der Waals surface area contributed by atoms with E-state index in [0.717, 1.165) is 0 Å². The number of pyridine rings is 1. The molecule has 0 aliphatic rings. The minimum atomic E-state index is -3.83. The van der Waals surface area contributed by atoms with Gasteiger partial charge in [-0.15, -0.1) is 0 Å². The van der Waals surface area contributed by atoms with Crippen LogP contribution in [0, 0.1) is 13.8 Å². The van der Waals surface area contributed by atoms with Crippen molar-refractivity contribution in [3.05, 3.63) is 40.4 Å². The van der Waals surface area contributed by atoms with Crippen molar-refractivity contribution >= 4 is 27.4 Å². The summed E-state index contributed by atoms with van der Waals surface area (Å²) in [6.07, 6.45) is 1.46. The van der Waals surface area contributed by atoms with E-state index in [1.165, 1.54) is 6.20 Å². The zero-order valence-electron chi connectivity index (χ0n) is 11.9. The van der Waals surface area contributed by atoms with E-state index in [-0.39, 0.29) is 15.7 Å². The summed E-state index contributed by atoms with van der Waals surface area (Å²) in [7, 11) is -2.09. The quantitative estimate of drug-likeness (QED) is 0.880. The molecule has 0 spiro atoms. The van der Waals surface area contributed by atoms with Crippen LogP contribution in [0.1, 0.15) is 17.1 Å². The molecule has 8 heteroatoms. The molecule has 2 heterocycles. The maximum atomic E-state index is 12.6. The second kappa shape index (κ2) is 6.05. The molecule has 0 bridgehead atoms. The standard InChI is InChI=1S/C13H16ClN3O3S/c1-8-10(7-15-3)12(9(2)20-8)21(18,19)17-13-11(14)5-4-6-16-13/h4-6,15H,7H2,1-3H3,(H,16,17). The molecule has 0 atom stereocenters. The topological polar surface area (TPSA) is 84.2 Å². The van der Waals surface area contributed by atoms with E-state index in [2.05, 4.69) is 15.0 Å². The van der Waals surface area contributed by atoms with Crippen LogP contribution in [-0.2, 0) is 16.6 Å². The zero-order valence-corrected chi connectivity index (χ0v) is 13.5. The van der Waals surface area contributed by atoms with Crippen LogP contribution in [0.15, 0.2) is 27.6 Å². The fourth-order valence-electron chi connectivity index (χ4n) is 2.08. The molecule has 114 valence electrons. The average Bonchev–Trinajstić information content (AvgIpc) is 2.68. The lowest BCUT2D eigenvalue weighted by molar-refractivity contribution is 0.494. The Morgan fingerprint density at radius 1 is 1.33 bits per heavy atom. The van der Waals surface area contributed by atoms with Crippen molar-refractivity contribution in [2.45, 2.75) is 25.3 Å². The first-order chi connectivity index (χ1) is 9.86. The predicted molar refractivity (Wildman–Crippen MR) is 81.0 cm³/mol. The number of aromatic nitrogens is 1. The fraction of sp³-hybridized carbons (Fsp3) is 0.308. The molecule has 6 nitrogen and oxygen atoms in total. The third-order valence-electron chi connectivity index (χ3n) is 2.94. The monoisotopic (exact) mass is 329 g/mol. The van der Waals surface area contributed by atoms with Gasteiger partial charge in [0.1, 0.15) is 16.4 Å². The number of halogens is 1. The largest absolute Gasteiger partial charge is 0.465 e. The van der Waals surface area contributed by atoms with Gasteiger partial charge >= 0.3 is 0 Å². The highest BCUT2D eigenvalue weighted by atomic mass is 35.5. The maximum Gasteiger partial charge on any atom is 0.266 e. The van der Waals surface area contributed by atoms with Gasteiger partial charge in [0.2, 0.25) is 0 Å². The molecule has 0 fully saturated rings. The molecule has 2 N–H and O–H groups in total. The zero-order chi connectivity index (χ0) is 15.6. The Morgan fingerprint density at radius 3 is 2.67 bits per heavy atom. The summed E-state index contributed by atoms with van der Waals surface area (Å²) in [5, 5.41) is 3.16. The van der Waals surface area contributed by atoms with Crippen molar-refractivity contribution in [3.63, 3.8) is 0 Å². The molecule has 0 aliphatic heterocycles. The van der Waals surface area contributed by atoms with Gasteiger partial charge in [-0.3, -0.25) is 4.72 Å². The van der Waals surface area contributed by atoms with Gasteiger partial charge in [0.25, 0.3) is 10.0 Å². The Kier molecular flexibility index (Phi) is 4.55. The number of rotatable bonds is 5. The third kappa shape index (κ3) is 3.20. The van der Waals surface area contributed by atoms with Crippen molar-refractivity contribution in [1.82, 2.24) is 10.3 Å². The lowest BCUT2D eigenvalue weighted by Gasteiger charge is -2.09. The number of hydrogen-bond donors (Lipinski definition) is 2. The maximum absolute atomic E-state index is 12.6. The summed E-state index contributed by atoms with van der Waals surface area (Å²) in [4.78, 5) is 4.05. The summed E-state index contributed by atoms with van der Waals surface area (Å²) < 4.78 is 33.0. The smallest absolute Gasteiger partial charge is 0.266 e. The molecule has 0 unspecified atom stereocenters. The number of sulfonamides is 1. The molecule has 2 aromatic heterocycles. The molecule has 21 heavy (non-hydrogen) atoms. The summed E-state index contributed by atoms with van der Waals surface area (Å²) in [6, 6.07) is 3.19. The SMILES string of the molecule is CNCc1c(C)oc(C)c1S(=O)(=O)Nc1ncccc1Cl. The molecular formula is C13H16ClN3O3S. The molecule has 0 saturated heterocycles. The van der Waals surface area contributed by atoms with Crippen LogP contribution >= 0.6 is 11.6 Å². The summed E-state index contributed by atoms with van der Waals surface area (Å²) in [5.74, 6) is 0.986. The highest BCUT2D eigenvalue weighted by Gasteiger charge is 2.27. The average molecular weight is 330 g/mol. The number of furan rings is 1. The van der Waals surface area contributed by atoms with Crippen molar-refractivity contribution in [2.24, 2.45) is 0 Å². The Labute approximate surface area is 128 Å². The summed E-state index contributed by atoms with van der Waals surface area (Å²) >= 11 is 5.94. The van der Waals surface area contributed by atoms with Gasteiger partial charge in [0.15, 0.2) is 5.82 Å². The third-order valence-corrected chi connectivity index (χ3v) is 4.78. The van der Waals surface area contributed by atoms with E-state index in [1.807, 2.05) is 0 Å². The minimum absolute atomic E-state index is 0.0906. The first-order valence-electron chi connectivity index (χ1n) is 6.23. The van der Waals surface area contributed by atoms with Crippen LogP contribution < -0.4 is 10.0 Å². The van der Waals surface area contributed by atoms with Gasteiger partial charge < -0.3 is 9.73 Å². The normalized spacial score (nSPS) is 11.6. The lowest BCUT2D eigenvalue weighted by Crippen LogP contribution is -2.18. The molecule has 2 aromatic rings. The second-order valence-corrected chi connectivity index (χ2v) is 6.52. The lowest BCUT2D eigenvalue weighted by atomic mass is 10.2. The van der Waals surface area contributed by atoms with E-state index in [1.54, 1.807) is 33.0 Å². The van der Waals surface area contributed by atoms with Crippen LogP contribution in [0.5, 0.6) is 0 Å². The van der Waals surface area contributed by atoms with Crippen LogP contribution in [0.4, 0.5) is 5.82 Å². The molecule has 0 amide bonds. The van der Waals surface area contributed by atoms with Crippen LogP contribution in [-0.4, -0.2) is 20.4 Å². The number of nitrogens with one attached hydrogen (secondary N) is 2. The van der Waals surface area contributed by atoms with Gasteiger partial charge in [-0.2, -0.15) is 0 Å². The van der Waals surface area contributed by atoms with Crippen molar-refractivity contribution in [2.75, 3.05) is 11.8 Å². The Hall–Kier alpha value is -1.57. The molecule has 0 radical (unpaired) electrons. The van der Waals surface area contributed by atoms with Crippen LogP contribution in [0.3, 0.4) is 0 Å². The van der Waals surface area contributed by atoms with E-state index < -0.39 is 10.0 Å². The van der Waals surface area contributed by atoms with Crippen molar-refractivity contribution in [1.29, 1.82) is 0 Å². The summed E-state index contributed by atoms with van der Waals surface area (Å²) in [5.41, 5.74) is 0.592. The van der Waals surface area contributed by atoms with Crippen LogP contribution in [0.25, 0.3) is 0 Å². The predicted octanol–water partition coefficient (Wildman–Crippen LogP) is 2.47. The molecule has 0 saturated carbocycles. The molecule has 0 aliphatic carbocycles. The van der Waals surface area contributed by atoms with Gasteiger partial charge in [0.05, 0.1) is 5.02 Å². The molecular weight excluding hydrogens is 314 g/mol. The van der Waals surface area contributed by atoms with Crippen molar-refractivity contribution in [3.8, 4) is 0 Å². The minimum Gasteiger partial charge on any atom is -0.465 e. The Balaban J connectivity index is 2.48. The highest BCUT2D eigenvalue weighted by molar-refractivity contribution is 7.92. The van der Waals surface area contributed by atoms with E-state index in [4.69, 9.17) is 16.0 Å². The first-order valence-corrected chi connectivity index (χ1v) is 8.09. The Bertz CT molecular complexity index is 756. The van der Waals surface area contributed by atoms with Gasteiger partial charge in [-0.05, 0) is 33.0 Å². The molecule has 2 rings (SSSR count). The summed E-state index contributed by atoms with van der Waals surface area (Å²) in [6.45, 7) is 3.72. The molecule has 0 aromatic carbocycles. The number of nitrogens with zero attached hydrogens (tertiary/aromatic N) is 1. The van der Waals surface area contributed by atoms with Gasteiger partial charge in [-0.1, -0.05) is 11.6 Å². The fourth-order valence-corrected chi connectivity index (χ4v) is 3.79. The number of anilines is 1. The van der Waals surface area contributed by atoms with Gasteiger partial charge in [0, 0.05) is 18.3 Å². The second-order valence-electron chi connectivity index (χ2n) is 4.49. The van der Waals surface area contributed by atoms with Crippen LogP contribution in [0.2, 0.25) is 5.02 Å². The number of hydrogen-bond acceptors (Lipinski definition) is 5. The van der Waals surface area contributed by atoms with E-state index in [0.29, 0.717) is 23.6 Å². The first kappa shape index (κ1) is 15.8. The van der Waals surface area contributed by atoms with E-state index >= 15 is 0 Å². The van der Waals surface area contributed by atoms with Gasteiger partial charge in [-0.25, -0.2) is 13.4 Å². The highest BCUT2D eigenvalue weighted by Crippen LogP contribution is 2.29. The van der Waals surface area contributed by atoms with Crippen molar-refractivity contribution < 1.29 is 12.8 Å². The van der Waals surface area contributed by atoms with E-state index in [9.17, 15) is 8.42 Å². The Morgan fingerprint density at radius 2 is 2.05 bits per heavy atom.